The number of anilines is 1. The van der Waals surface area contributed by atoms with E-state index in [0.29, 0.717) is 6.42 Å². The van der Waals surface area contributed by atoms with Crippen molar-refractivity contribution in [1.29, 1.82) is 0 Å². The van der Waals surface area contributed by atoms with Crippen LogP contribution in [0.2, 0.25) is 0 Å². The number of esters is 1. The molecule has 0 atom stereocenters. The molecule has 0 spiro atoms. The summed E-state index contributed by atoms with van der Waals surface area (Å²) in [5.74, 6) is -0.795. The van der Waals surface area contributed by atoms with Gasteiger partial charge >= 0.3 is 5.97 Å². The van der Waals surface area contributed by atoms with Gasteiger partial charge in [-0.05, 0) is 31.0 Å². The molecule has 0 saturated carbocycles. The Morgan fingerprint density at radius 2 is 1.51 bits per heavy atom. The molecule has 0 bridgehead atoms. The summed E-state index contributed by atoms with van der Waals surface area (Å²) in [6, 6.07) is 18.6. The minimum Gasteiger partial charge on any atom is -0.493 e. The number of amides is 1. The molecule has 0 heterocycles. The van der Waals surface area contributed by atoms with Gasteiger partial charge in [0.2, 0.25) is 15.9 Å². The molecule has 0 saturated heterocycles. The minimum absolute atomic E-state index is 0.0331. The topological polar surface area (TPSA) is 111 Å². The Labute approximate surface area is 217 Å². The summed E-state index contributed by atoms with van der Waals surface area (Å²) >= 11 is 0. The summed E-state index contributed by atoms with van der Waals surface area (Å²) in [6.07, 6.45) is 0.406. The predicted molar refractivity (Wildman–Crippen MR) is 140 cm³/mol. The molecule has 0 radical (unpaired) electrons. The van der Waals surface area contributed by atoms with Crippen molar-refractivity contribution < 1.29 is 32.2 Å². The van der Waals surface area contributed by atoms with Crippen molar-refractivity contribution in [2.45, 2.75) is 18.2 Å². The molecule has 196 valence electrons. The van der Waals surface area contributed by atoms with Crippen LogP contribution in [0.1, 0.15) is 21.5 Å². The average Bonchev–Trinajstić information content (AvgIpc) is 2.91. The average molecular weight is 527 g/mol. The zero-order valence-corrected chi connectivity index (χ0v) is 22.0. The molecule has 0 unspecified atom stereocenters. The van der Waals surface area contributed by atoms with Gasteiger partial charge in [-0.1, -0.05) is 48.0 Å². The van der Waals surface area contributed by atoms with Gasteiger partial charge in [0.15, 0.2) is 11.5 Å². The van der Waals surface area contributed by atoms with Crippen LogP contribution >= 0.6 is 0 Å². The van der Waals surface area contributed by atoms with Crippen LogP contribution in [0.4, 0.5) is 5.69 Å². The lowest BCUT2D eigenvalue weighted by molar-refractivity contribution is -0.116. The van der Waals surface area contributed by atoms with Crippen molar-refractivity contribution in [1.82, 2.24) is 4.31 Å². The molecular formula is C27H30N2O7S. The highest BCUT2D eigenvalue weighted by Gasteiger charge is 2.27. The molecular weight excluding hydrogens is 496 g/mol. The summed E-state index contributed by atoms with van der Waals surface area (Å²) in [5, 5.41) is 2.63. The van der Waals surface area contributed by atoms with E-state index in [9.17, 15) is 18.0 Å². The Balaban J connectivity index is 1.91. The van der Waals surface area contributed by atoms with E-state index in [-0.39, 0.29) is 34.2 Å². The van der Waals surface area contributed by atoms with Crippen LogP contribution in [0, 0.1) is 6.92 Å². The van der Waals surface area contributed by atoms with Gasteiger partial charge in [0.05, 0.1) is 44.0 Å². The van der Waals surface area contributed by atoms with Crippen molar-refractivity contribution >= 4 is 27.6 Å². The van der Waals surface area contributed by atoms with Gasteiger partial charge in [0.1, 0.15) is 0 Å². The maximum Gasteiger partial charge on any atom is 0.340 e. The quantitative estimate of drug-likeness (QED) is 0.380. The fraction of sp³-hybridized carbons (Fsp3) is 0.259. The fourth-order valence-corrected chi connectivity index (χ4v) is 5.05. The van der Waals surface area contributed by atoms with E-state index in [2.05, 4.69) is 5.32 Å². The van der Waals surface area contributed by atoms with Crippen molar-refractivity contribution in [3.05, 3.63) is 83.4 Å². The summed E-state index contributed by atoms with van der Waals surface area (Å²) in [4.78, 5) is 25.6. The second-order valence-corrected chi connectivity index (χ2v) is 10.1. The Kier molecular flexibility index (Phi) is 9.26. The number of ether oxygens (including phenoxy) is 3. The Morgan fingerprint density at radius 1 is 0.892 bits per heavy atom. The molecule has 0 aliphatic rings. The summed E-state index contributed by atoms with van der Waals surface area (Å²) < 4.78 is 43.5. The van der Waals surface area contributed by atoms with Crippen molar-refractivity contribution in [3.8, 4) is 11.5 Å². The first-order valence-corrected chi connectivity index (χ1v) is 12.9. The van der Waals surface area contributed by atoms with Crippen LogP contribution in [0.3, 0.4) is 0 Å². The lowest BCUT2D eigenvalue weighted by atomic mass is 10.1. The van der Waals surface area contributed by atoms with Gasteiger partial charge in [-0.25, -0.2) is 13.2 Å². The first-order chi connectivity index (χ1) is 17.7. The van der Waals surface area contributed by atoms with Gasteiger partial charge in [0.25, 0.3) is 0 Å². The third-order valence-corrected chi connectivity index (χ3v) is 7.53. The summed E-state index contributed by atoms with van der Waals surface area (Å²) in [6.45, 7) is 1.46. The number of sulfonamides is 1. The van der Waals surface area contributed by atoms with Gasteiger partial charge in [-0.3, -0.25) is 4.79 Å². The molecule has 0 aromatic heterocycles. The highest BCUT2D eigenvalue weighted by atomic mass is 32.2. The highest BCUT2D eigenvalue weighted by Crippen LogP contribution is 2.34. The molecule has 1 amide bonds. The number of hydrogen-bond donors (Lipinski definition) is 1. The van der Waals surface area contributed by atoms with Crippen molar-refractivity contribution in [2.24, 2.45) is 0 Å². The van der Waals surface area contributed by atoms with Gasteiger partial charge in [-0.15, -0.1) is 0 Å². The van der Waals surface area contributed by atoms with E-state index in [1.54, 1.807) is 12.1 Å². The molecule has 3 aromatic rings. The number of aryl methyl sites for hydroxylation is 1. The monoisotopic (exact) mass is 526 g/mol. The number of methoxy groups -OCH3 is 3. The predicted octanol–water partition coefficient (Wildman–Crippen LogP) is 3.67. The zero-order chi connectivity index (χ0) is 27.0. The standard InChI is InChI=1S/C27H30N2O7S/c1-19-10-12-21(13-11-19)37(32,33)29(15-14-20-8-6-5-7-9-20)18-26(30)28-23-17-25(35-3)24(34-2)16-22(23)27(31)36-4/h5-13,16-17H,14-15,18H2,1-4H3,(H,28,30). The van der Waals surface area contributed by atoms with E-state index in [4.69, 9.17) is 14.2 Å². The number of rotatable bonds is 11. The van der Waals surface area contributed by atoms with Crippen molar-refractivity contribution in [2.75, 3.05) is 39.7 Å². The van der Waals surface area contributed by atoms with Crippen LogP contribution < -0.4 is 14.8 Å². The molecule has 0 fully saturated rings. The van der Waals surface area contributed by atoms with E-state index in [1.807, 2.05) is 37.3 Å². The third kappa shape index (κ3) is 6.87. The van der Waals surface area contributed by atoms with Gasteiger partial charge in [0, 0.05) is 18.7 Å². The van der Waals surface area contributed by atoms with Crippen LogP contribution in [0.5, 0.6) is 11.5 Å². The van der Waals surface area contributed by atoms with Crippen LogP contribution in [-0.4, -0.2) is 59.0 Å². The second-order valence-electron chi connectivity index (χ2n) is 8.18. The molecule has 0 aliphatic heterocycles. The van der Waals surface area contributed by atoms with E-state index in [0.717, 1.165) is 15.4 Å². The van der Waals surface area contributed by atoms with E-state index < -0.39 is 28.4 Å². The van der Waals surface area contributed by atoms with Gasteiger partial charge in [-0.2, -0.15) is 4.31 Å². The minimum atomic E-state index is -3.99. The zero-order valence-electron chi connectivity index (χ0n) is 21.2. The largest absolute Gasteiger partial charge is 0.493 e. The number of carbonyl (C=O) groups is 2. The Hall–Kier alpha value is -3.89. The normalized spacial score (nSPS) is 11.2. The fourth-order valence-electron chi connectivity index (χ4n) is 3.65. The SMILES string of the molecule is COC(=O)c1cc(OC)c(OC)cc1NC(=O)CN(CCc1ccccc1)S(=O)(=O)c1ccc(C)cc1. The maximum absolute atomic E-state index is 13.5. The first kappa shape index (κ1) is 27.7. The van der Waals surface area contributed by atoms with Crippen LogP contribution in [0.25, 0.3) is 0 Å². The summed E-state index contributed by atoms with van der Waals surface area (Å²) in [7, 11) is 0.0504. The smallest absolute Gasteiger partial charge is 0.340 e. The maximum atomic E-state index is 13.5. The van der Waals surface area contributed by atoms with E-state index >= 15 is 0 Å². The molecule has 3 aromatic carbocycles. The molecule has 0 aliphatic carbocycles. The first-order valence-electron chi connectivity index (χ1n) is 11.4. The Bertz CT molecular complexity index is 1340. The van der Waals surface area contributed by atoms with Crippen LogP contribution in [-0.2, 0) is 26.0 Å². The second kappa shape index (κ2) is 12.4. The molecule has 1 N–H and O–H groups in total. The summed E-state index contributed by atoms with van der Waals surface area (Å²) in [5.41, 5.74) is 1.98. The lowest BCUT2D eigenvalue weighted by Gasteiger charge is -2.22. The van der Waals surface area contributed by atoms with Gasteiger partial charge < -0.3 is 19.5 Å². The number of carbonyl (C=O) groups excluding carboxylic acids is 2. The van der Waals surface area contributed by atoms with E-state index in [1.165, 1.54) is 45.6 Å². The number of nitrogens with one attached hydrogen (secondary N) is 1. The molecule has 9 nitrogen and oxygen atoms in total. The number of benzene rings is 3. The third-order valence-electron chi connectivity index (χ3n) is 5.67. The molecule has 37 heavy (non-hydrogen) atoms. The van der Waals surface area contributed by atoms with Crippen molar-refractivity contribution in [3.63, 3.8) is 0 Å². The number of hydrogen-bond acceptors (Lipinski definition) is 7. The molecule has 10 heteroatoms. The van der Waals surface area contributed by atoms with Crippen LogP contribution in [0.15, 0.2) is 71.6 Å². The lowest BCUT2D eigenvalue weighted by Crippen LogP contribution is -2.39. The number of nitrogens with zero attached hydrogens (tertiary/aromatic N) is 1. The molecule has 3 rings (SSSR count). The Morgan fingerprint density at radius 3 is 2.11 bits per heavy atom. The highest BCUT2D eigenvalue weighted by molar-refractivity contribution is 7.89.